The molecule has 4 rings (SSSR count). The maximum absolute atomic E-state index is 12.7. The third-order valence-electron chi connectivity index (χ3n) is 6.52. The minimum absolute atomic E-state index is 0.236. The number of hydrogen-bond acceptors (Lipinski definition) is 5. The minimum Gasteiger partial charge on any atom is -0.480 e. The van der Waals surface area contributed by atoms with Crippen LogP contribution in [0.4, 0.5) is 4.79 Å². The molecule has 33 heavy (non-hydrogen) atoms. The van der Waals surface area contributed by atoms with Crippen molar-refractivity contribution in [2.45, 2.75) is 43.5 Å². The van der Waals surface area contributed by atoms with Gasteiger partial charge in [0.25, 0.3) is 0 Å². The van der Waals surface area contributed by atoms with Gasteiger partial charge in [-0.05, 0) is 48.9 Å². The van der Waals surface area contributed by atoms with E-state index in [-0.39, 0.29) is 19.3 Å². The summed E-state index contributed by atoms with van der Waals surface area (Å²) in [6, 6.07) is 17.4. The molecule has 1 aliphatic carbocycles. The summed E-state index contributed by atoms with van der Waals surface area (Å²) in [7, 11) is 0. The Morgan fingerprint density at radius 1 is 1.03 bits per heavy atom. The van der Waals surface area contributed by atoms with Crippen molar-refractivity contribution in [3.8, 4) is 0 Å². The molecule has 1 heterocycles. The maximum atomic E-state index is 12.7. The zero-order valence-corrected chi connectivity index (χ0v) is 20.0. The van der Waals surface area contributed by atoms with Crippen molar-refractivity contribution < 1.29 is 28.9 Å². The molecule has 2 aliphatic rings. The number of rotatable bonds is 6. The SMILES string of the molecule is O=C(O)COC1(c2ccc(Br)cc2)CCC2(CC1)CN(C(=O)OCc1ccccc1)CCO2. The fourth-order valence-electron chi connectivity index (χ4n) is 4.69. The van der Waals surface area contributed by atoms with E-state index >= 15 is 0 Å². The van der Waals surface area contributed by atoms with Gasteiger partial charge in [-0.25, -0.2) is 9.59 Å². The van der Waals surface area contributed by atoms with Gasteiger partial charge >= 0.3 is 12.1 Å². The molecule has 0 aromatic heterocycles. The molecule has 176 valence electrons. The first kappa shape index (κ1) is 23.7. The fraction of sp³-hybridized carbons (Fsp3) is 0.440. The van der Waals surface area contributed by atoms with E-state index in [0.717, 1.165) is 15.6 Å². The van der Waals surface area contributed by atoms with Crippen LogP contribution >= 0.6 is 15.9 Å². The van der Waals surface area contributed by atoms with Crippen LogP contribution in [0.3, 0.4) is 0 Å². The van der Waals surface area contributed by atoms with Gasteiger partial charge in [0, 0.05) is 11.0 Å². The number of ether oxygens (including phenoxy) is 3. The number of morpholine rings is 1. The average molecular weight is 518 g/mol. The second-order valence-electron chi connectivity index (χ2n) is 8.68. The largest absolute Gasteiger partial charge is 0.480 e. The third kappa shape index (κ3) is 5.75. The number of carbonyl (C=O) groups excluding carboxylic acids is 1. The minimum atomic E-state index is -0.993. The Labute approximate surface area is 201 Å². The van der Waals surface area contributed by atoms with Crippen LogP contribution in [-0.4, -0.2) is 54.0 Å². The zero-order valence-electron chi connectivity index (χ0n) is 18.4. The van der Waals surface area contributed by atoms with Crippen LogP contribution < -0.4 is 0 Å². The summed E-state index contributed by atoms with van der Waals surface area (Å²) in [6.07, 6.45) is 2.19. The lowest BCUT2D eigenvalue weighted by atomic mass is 9.72. The van der Waals surface area contributed by atoms with Gasteiger partial charge in [-0.3, -0.25) is 0 Å². The van der Waals surface area contributed by atoms with E-state index in [1.807, 2.05) is 54.6 Å². The predicted octanol–water partition coefficient (Wildman–Crippen LogP) is 4.73. The number of benzene rings is 2. The first-order valence-corrected chi connectivity index (χ1v) is 11.9. The normalized spacial score (nSPS) is 25.1. The third-order valence-corrected chi connectivity index (χ3v) is 7.05. The number of halogens is 1. The highest BCUT2D eigenvalue weighted by atomic mass is 79.9. The van der Waals surface area contributed by atoms with Crippen molar-refractivity contribution in [3.05, 3.63) is 70.2 Å². The van der Waals surface area contributed by atoms with E-state index in [2.05, 4.69) is 15.9 Å². The summed E-state index contributed by atoms with van der Waals surface area (Å²) >= 11 is 3.45. The summed E-state index contributed by atoms with van der Waals surface area (Å²) in [5.41, 5.74) is 0.734. The van der Waals surface area contributed by atoms with Crippen LogP contribution in [0.25, 0.3) is 0 Å². The second kappa shape index (κ2) is 10.2. The van der Waals surface area contributed by atoms with Crippen LogP contribution in [0.2, 0.25) is 0 Å². The van der Waals surface area contributed by atoms with E-state index in [4.69, 9.17) is 14.2 Å². The van der Waals surface area contributed by atoms with Crippen molar-refractivity contribution in [1.82, 2.24) is 4.90 Å². The highest BCUT2D eigenvalue weighted by Gasteiger charge is 2.48. The molecule has 2 fully saturated rings. The van der Waals surface area contributed by atoms with Crippen LogP contribution in [0.5, 0.6) is 0 Å². The quantitative estimate of drug-likeness (QED) is 0.596. The fourth-order valence-corrected chi connectivity index (χ4v) is 4.96. The monoisotopic (exact) mass is 517 g/mol. The van der Waals surface area contributed by atoms with E-state index in [9.17, 15) is 14.7 Å². The summed E-state index contributed by atoms with van der Waals surface area (Å²) < 4.78 is 18.6. The molecule has 0 unspecified atom stereocenters. The highest BCUT2D eigenvalue weighted by molar-refractivity contribution is 9.10. The lowest BCUT2D eigenvalue weighted by molar-refractivity contribution is -0.176. The van der Waals surface area contributed by atoms with Gasteiger partial charge in [-0.15, -0.1) is 0 Å². The van der Waals surface area contributed by atoms with Crippen LogP contribution in [0, 0.1) is 0 Å². The Hall–Kier alpha value is -2.42. The molecular weight excluding hydrogens is 490 g/mol. The lowest BCUT2D eigenvalue weighted by Gasteiger charge is -2.49. The van der Waals surface area contributed by atoms with Gasteiger partial charge in [-0.1, -0.05) is 58.4 Å². The number of carboxylic acid groups (broad SMARTS) is 1. The first-order valence-electron chi connectivity index (χ1n) is 11.1. The van der Waals surface area contributed by atoms with Crippen LogP contribution in [0.1, 0.15) is 36.8 Å². The molecule has 1 saturated heterocycles. The maximum Gasteiger partial charge on any atom is 0.410 e. The van der Waals surface area contributed by atoms with Gasteiger partial charge in [0.2, 0.25) is 0 Å². The molecule has 8 heteroatoms. The molecule has 1 aliphatic heterocycles. The Bertz CT molecular complexity index is 957. The number of nitrogens with zero attached hydrogens (tertiary/aromatic N) is 1. The molecule has 1 saturated carbocycles. The van der Waals surface area contributed by atoms with E-state index in [1.165, 1.54) is 0 Å². The van der Waals surface area contributed by atoms with Gasteiger partial charge in [0.15, 0.2) is 0 Å². The van der Waals surface area contributed by atoms with E-state index in [1.54, 1.807) is 4.90 Å². The average Bonchev–Trinajstić information content (AvgIpc) is 2.84. The number of hydrogen-bond donors (Lipinski definition) is 1. The smallest absolute Gasteiger partial charge is 0.410 e. The number of aliphatic carboxylic acids is 1. The Kier molecular flexibility index (Phi) is 7.36. The molecule has 1 N–H and O–H groups in total. The summed E-state index contributed by atoms with van der Waals surface area (Å²) in [4.78, 5) is 25.7. The molecular formula is C25H28BrNO6. The lowest BCUT2D eigenvalue weighted by Crippen LogP contribution is -2.57. The molecule has 0 radical (unpaired) electrons. The summed E-state index contributed by atoms with van der Waals surface area (Å²) in [6.45, 7) is 1.27. The molecule has 7 nitrogen and oxygen atoms in total. The standard InChI is InChI=1S/C25H28BrNO6/c26-21-8-6-20(7-9-21)25(33-17-22(28)29)12-10-24(11-13-25)18-27(14-15-32-24)23(30)31-16-19-4-2-1-3-5-19/h1-9H,10-18H2,(H,28,29). The van der Waals surface area contributed by atoms with Crippen molar-refractivity contribution in [2.24, 2.45) is 0 Å². The van der Waals surface area contributed by atoms with Crippen molar-refractivity contribution in [2.75, 3.05) is 26.3 Å². The van der Waals surface area contributed by atoms with Gasteiger partial charge in [0.1, 0.15) is 13.2 Å². The predicted molar refractivity (Wildman–Crippen MR) is 125 cm³/mol. The van der Waals surface area contributed by atoms with Crippen molar-refractivity contribution in [3.63, 3.8) is 0 Å². The van der Waals surface area contributed by atoms with Crippen LogP contribution in [-0.2, 0) is 31.2 Å². The molecule has 2 aromatic carbocycles. The summed E-state index contributed by atoms with van der Waals surface area (Å²) in [5, 5.41) is 9.21. The Morgan fingerprint density at radius 3 is 2.39 bits per heavy atom. The van der Waals surface area contributed by atoms with E-state index < -0.39 is 17.2 Å². The highest BCUT2D eigenvalue weighted by Crippen LogP contribution is 2.46. The van der Waals surface area contributed by atoms with Gasteiger partial charge < -0.3 is 24.2 Å². The molecule has 0 atom stereocenters. The van der Waals surface area contributed by atoms with Crippen LogP contribution in [0.15, 0.2) is 59.1 Å². The molecule has 1 amide bonds. The summed E-state index contributed by atoms with van der Waals surface area (Å²) in [5.74, 6) is -0.993. The molecule has 0 bridgehead atoms. The molecule has 2 aromatic rings. The first-order chi connectivity index (χ1) is 15.9. The Morgan fingerprint density at radius 2 is 1.73 bits per heavy atom. The number of carboxylic acids is 1. The Balaban J connectivity index is 1.41. The van der Waals surface area contributed by atoms with Gasteiger partial charge in [-0.2, -0.15) is 0 Å². The zero-order chi connectivity index (χ0) is 23.3. The number of carbonyl (C=O) groups is 2. The van der Waals surface area contributed by atoms with Crippen molar-refractivity contribution in [1.29, 1.82) is 0 Å². The number of amides is 1. The van der Waals surface area contributed by atoms with E-state index in [0.29, 0.717) is 45.4 Å². The van der Waals surface area contributed by atoms with Gasteiger partial charge in [0.05, 0.1) is 24.4 Å². The molecule has 1 spiro atoms. The van der Waals surface area contributed by atoms with Crippen molar-refractivity contribution >= 4 is 28.0 Å². The second-order valence-corrected chi connectivity index (χ2v) is 9.59. The topological polar surface area (TPSA) is 85.3 Å².